The molecule has 0 aliphatic heterocycles. The summed E-state index contributed by atoms with van der Waals surface area (Å²) in [5, 5.41) is 14.3. The van der Waals surface area contributed by atoms with Crippen LogP contribution < -0.4 is 10.6 Å². The van der Waals surface area contributed by atoms with Gasteiger partial charge in [-0.1, -0.05) is 25.1 Å². The number of benzene rings is 1. The summed E-state index contributed by atoms with van der Waals surface area (Å²) in [6, 6.07) is 10.9. The zero-order valence-corrected chi connectivity index (χ0v) is 15.8. The molecule has 0 aliphatic carbocycles. The van der Waals surface area contributed by atoms with Crippen LogP contribution in [0, 0.1) is 13.8 Å². The highest BCUT2D eigenvalue weighted by atomic mass is 16.2. The molecule has 2 N–H and O–H groups in total. The van der Waals surface area contributed by atoms with Crippen molar-refractivity contribution in [3.8, 4) is 5.69 Å². The molecule has 2 aromatic heterocycles. The second kappa shape index (κ2) is 7.45. The maximum absolute atomic E-state index is 12.7. The highest BCUT2D eigenvalue weighted by molar-refractivity contribution is 6.04. The summed E-state index contributed by atoms with van der Waals surface area (Å²) < 4.78 is 3.26. The number of aromatic nitrogens is 4. The molecule has 8 nitrogen and oxygen atoms in total. The number of carbonyl (C=O) groups excluding carboxylic acids is 2. The minimum absolute atomic E-state index is 0.155. The fourth-order valence-corrected chi connectivity index (χ4v) is 2.71. The first-order valence-corrected chi connectivity index (χ1v) is 8.67. The van der Waals surface area contributed by atoms with Crippen molar-refractivity contribution in [2.24, 2.45) is 7.05 Å². The summed E-state index contributed by atoms with van der Waals surface area (Å²) >= 11 is 0. The van der Waals surface area contributed by atoms with Gasteiger partial charge in [0.25, 0.3) is 5.91 Å². The maximum atomic E-state index is 12.7. The largest absolute Gasteiger partial charge is 0.317 e. The van der Waals surface area contributed by atoms with Gasteiger partial charge in [0.2, 0.25) is 5.91 Å². The van der Waals surface area contributed by atoms with Crippen molar-refractivity contribution in [1.82, 2.24) is 19.6 Å². The predicted octanol–water partition coefficient (Wildman–Crippen LogP) is 2.82. The number of hydrogen-bond donors (Lipinski definition) is 2. The summed E-state index contributed by atoms with van der Waals surface area (Å²) in [6.07, 6.45) is 0.329. The molecule has 3 aromatic rings. The number of anilines is 2. The molecule has 0 radical (unpaired) electrons. The smallest absolute Gasteiger partial charge is 0.276 e. The quantitative estimate of drug-likeness (QED) is 0.726. The van der Waals surface area contributed by atoms with E-state index in [1.54, 1.807) is 22.4 Å². The second-order valence-electron chi connectivity index (χ2n) is 6.19. The van der Waals surface area contributed by atoms with E-state index in [0.717, 1.165) is 17.1 Å². The Bertz CT molecular complexity index is 987. The highest BCUT2D eigenvalue weighted by Gasteiger charge is 2.19. The van der Waals surface area contributed by atoms with Crippen molar-refractivity contribution in [1.29, 1.82) is 0 Å². The molecule has 140 valence electrons. The van der Waals surface area contributed by atoms with Crippen LogP contribution in [0.3, 0.4) is 0 Å². The first-order chi connectivity index (χ1) is 12.9. The number of carbonyl (C=O) groups is 2. The van der Waals surface area contributed by atoms with E-state index in [4.69, 9.17) is 0 Å². The van der Waals surface area contributed by atoms with Gasteiger partial charge < -0.3 is 10.6 Å². The number of aryl methyl sites for hydroxylation is 2. The topological polar surface area (TPSA) is 93.8 Å². The van der Waals surface area contributed by atoms with Crippen LogP contribution >= 0.6 is 0 Å². The lowest BCUT2D eigenvalue weighted by atomic mass is 10.3. The van der Waals surface area contributed by atoms with Gasteiger partial charge in [0.05, 0.1) is 22.8 Å². The molecule has 1 aromatic carbocycles. The number of hydrogen-bond acceptors (Lipinski definition) is 4. The molecule has 0 unspecified atom stereocenters. The zero-order chi connectivity index (χ0) is 19.6. The molecule has 0 saturated carbocycles. The highest BCUT2D eigenvalue weighted by Crippen LogP contribution is 2.21. The normalized spacial score (nSPS) is 10.7. The van der Waals surface area contributed by atoms with E-state index in [-0.39, 0.29) is 17.5 Å². The maximum Gasteiger partial charge on any atom is 0.276 e. The Morgan fingerprint density at radius 1 is 1.07 bits per heavy atom. The van der Waals surface area contributed by atoms with Crippen molar-refractivity contribution >= 4 is 23.3 Å². The van der Waals surface area contributed by atoms with Crippen molar-refractivity contribution in [3.63, 3.8) is 0 Å². The summed E-state index contributed by atoms with van der Waals surface area (Å²) in [7, 11) is 1.82. The second-order valence-corrected chi connectivity index (χ2v) is 6.19. The third kappa shape index (κ3) is 3.74. The predicted molar refractivity (Wildman–Crippen MR) is 103 cm³/mol. The molecular formula is C19H22N6O2. The third-order valence-electron chi connectivity index (χ3n) is 4.28. The van der Waals surface area contributed by atoms with E-state index in [9.17, 15) is 9.59 Å². The van der Waals surface area contributed by atoms with Gasteiger partial charge in [-0.2, -0.15) is 10.2 Å². The SMILES string of the molecule is CCC(=O)Nc1cc(C(=O)Nc2c(C)nn(C)c2C)nn1-c1ccccc1. The average molecular weight is 366 g/mol. The number of amides is 2. The Hall–Kier alpha value is -3.42. The van der Waals surface area contributed by atoms with Crippen LogP contribution in [-0.2, 0) is 11.8 Å². The van der Waals surface area contributed by atoms with Gasteiger partial charge in [0, 0.05) is 19.5 Å². The van der Waals surface area contributed by atoms with Gasteiger partial charge in [0.1, 0.15) is 5.82 Å². The Balaban J connectivity index is 1.95. The number of rotatable bonds is 5. The summed E-state index contributed by atoms with van der Waals surface area (Å²) in [5.74, 6) is -0.0771. The van der Waals surface area contributed by atoms with E-state index in [2.05, 4.69) is 20.8 Å². The van der Waals surface area contributed by atoms with Crippen molar-refractivity contribution < 1.29 is 9.59 Å². The number of nitrogens with one attached hydrogen (secondary N) is 2. The molecule has 2 heterocycles. The monoisotopic (exact) mass is 366 g/mol. The van der Waals surface area contributed by atoms with Crippen molar-refractivity contribution in [3.05, 3.63) is 53.5 Å². The molecule has 0 spiro atoms. The summed E-state index contributed by atoms with van der Waals surface area (Å²) in [6.45, 7) is 5.48. The average Bonchev–Trinajstić information content (AvgIpc) is 3.18. The van der Waals surface area contributed by atoms with E-state index in [1.807, 2.05) is 51.2 Å². The molecule has 8 heteroatoms. The Morgan fingerprint density at radius 3 is 2.37 bits per heavy atom. The van der Waals surface area contributed by atoms with Gasteiger partial charge in [-0.3, -0.25) is 14.3 Å². The lowest BCUT2D eigenvalue weighted by Crippen LogP contribution is -2.14. The molecule has 0 saturated heterocycles. The van der Waals surface area contributed by atoms with Crippen molar-refractivity contribution in [2.45, 2.75) is 27.2 Å². The van der Waals surface area contributed by atoms with Crippen LogP contribution in [0.1, 0.15) is 35.2 Å². The van der Waals surface area contributed by atoms with Gasteiger partial charge in [0.15, 0.2) is 5.69 Å². The Morgan fingerprint density at radius 2 is 1.78 bits per heavy atom. The van der Waals surface area contributed by atoms with E-state index in [0.29, 0.717) is 17.9 Å². The summed E-state index contributed by atoms with van der Waals surface area (Å²) in [4.78, 5) is 24.6. The molecule has 3 rings (SSSR count). The number of para-hydroxylation sites is 1. The van der Waals surface area contributed by atoms with Crippen LogP contribution in [0.15, 0.2) is 36.4 Å². The number of nitrogens with zero attached hydrogens (tertiary/aromatic N) is 4. The van der Waals surface area contributed by atoms with Gasteiger partial charge in [-0.15, -0.1) is 0 Å². The molecule has 0 fully saturated rings. The lowest BCUT2D eigenvalue weighted by Gasteiger charge is -2.07. The van der Waals surface area contributed by atoms with Crippen LogP contribution in [-0.4, -0.2) is 31.4 Å². The van der Waals surface area contributed by atoms with Crippen LogP contribution in [0.25, 0.3) is 5.69 Å². The summed E-state index contributed by atoms with van der Waals surface area (Å²) in [5.41, 5.74) is 3.19. The standard InChI is InChI=1S/C19H22N6O2/c1-5-17(26)20-16-11-15(23-25(16)14-9-7-6-8-10-14)19(27)21-18-12(2)22-24(4)13(18)3/h6-11H,5H2,1-4H3,(H,20,26)(H,21,27). The molecular weight excluding hydrogens is 344 g/mol. The fourth-order valence-electron chi connectivity index (χ4n) is 2.71. The molecule has 2 amide bonds. The van der Waals surface area contributed by atoms with Gasteiger partial charge in [-0.05, 0) is 26.0 Å². The van der Waals surface area contributed by atoms with Crippen LogP contribution in [0.4, 0.5) is 11.5 Å². The fraction of sp³-hybridized carbons (Fsp3) is 0.263. The molecule has 0 aliphatic rings. The Kier molecular flexibility index (Phi) is 5.07. The van der Waals surface area contributed by atoms with Crippen LogP contribution in [0.2, 0.25) is 0 Å². The van der Waals surface area contributed by atoms with Crippen molar-refractivity contribution in [2.75, 3.05) is 10.6 Å². The minimum Gasteiger partial charge on any atom is -0.317 e. The van der Waals surface area contributed by atoms with E-state index < -0.39 is 0 Å². The minimum atomic E-state index is -0.365. The first-order valence-electron chi connectivity index (χ1n) is 8.67. The van der Waals surface area contributed by atoms with Crippen LogP contribution in [0.5, 0.6) is 0 Å². The lowest BCUT2D eigenvalue weighted by molar-refractivity contribution is -0.115. The van der Waals surface area contributed by atoms with Gasteiger partial charge in [-0.25, -0.2) is 4.68 Å². The van der Waals surface area contributed by atoms with Gasteiger partial charge >= 0.3 is 0 Å². The third-order valence-corrected chi connectivity index (χ3v) is 4.28. The zero-order valence-electron chi connectivity index (χ0n) is 15.8. The molecule has 0 bridgehead atoms. The van der Waals surface area contributed by atoms with E-state index in [1.165, 1.54) is 0 Å². The Labute approximate surface area is 157 Å². The first kappa shape index (κ1) is 18.4. The molecule has 0 atom stereocenters. The molecule has 27 heavy (non-hydrogen) atoms. The van der Waals surface area contributed by atoms with E-state index >= 15 is 0 Å².